The fourth-order valence-electron chi connectivity index (χ4n) is 3.75. The Bertz CT molecular complexity index is 727. The molecule has 3 N–H and O–H groups in total. The van der Waals surface area contributed by atoms with Gasteiger partial charge in [-0.25, -0.2) is 4.98 Å². The number of nitrogens with zero attached hydrogens (tertiary/aromatic N) is 3. The Balaban J connectivity index is 1.89. The fraction of sp³-hybridized carbons (Fsp3) is 0.375. The van der Waals surface area contributed by atoms with Crippen LogP contribution in [-0.2, 0) is 0 Å². The molecule has 1 aromatic carbocycles. The molecule has 1 aromatic heterocycles. The zero-order valence-corrected chi connectivity index (χ0v) is 11.7. The number of pyridine rings is 1. The van der Waals surface area contributed by atoms with Crippen molar-refractivity contribution in [2.75, 3.05) is 11.4 Å². The molecule has 5 heteroatoms. The highest BCUT2D eigenvalue weighted by Crippen LogP contribution is 2.41. The Hall–Kier alpha value is -2.30. The van der Waals surface area contributed by atoms with Gasteiger partial charge in [-0.3, -0.25) is 0 Å². The SMILES string of the molecule is NC(=NO)c1cc2ccccc2nc1N1CC2CCC1C2. The molecule has 2 aromatic rings. The van der Waals surface area contributed by atoms with Crippen LogP contribution in [0, 0.1) is 5.92 Å². The number of piperidine rings is 1. The third kappa shape index (κ3) is 1.92. The molecule has 1 saturated carbocycles. The quantitative estimate of drug-likeness (QED) is 0.383. The molecule has 0 radical (unpaired) electrons. The lowest BCUT2D eigenvalue weighted by atomic mass is 10.1. The lowest BCUT2D eigenvalue weighted by Gasteiger charge is -2.29. The third-order valence-corrected chi connectivity index (χ3v) is 4.77. The lowest BCUT2D eigenvalue weighted by molar-refractivity contribution is 0.318. The Morgan fingerprint density at radius 2 is 2.19 bits per heavy atom. The zero-order chi connectivity index (χ0) is 14.4. The van der Waals surface area contributed by atoms with Crippen molar-refractivity contribution >= 4 is 22.6 Å². The van der Waals surface area contributed by atoms with Crippen LogP contribution in [0.5, 0.6) is 0 Å². The molecule has 2 heterocycles. The van der Waals surface area contributed by atoms with Crippen molar-refractivity contribution in [3.05, 3.63) is 35.9 Å². The summed E-state index contributed by atoms with van der Waals surface area (Å²) in [5, 5.41) is 13.3. The van der Waals surface area contributed by atoms with Crippen molar-refractivity contribution in [1.29, 1.82) is 0 Å². The summed E-state index contributed by atoms with van der Waals surface area (Å²) in [6.07, 6.45) is 3.77. The van der Waals surface area contributed by atoms with Crippen LogP contribution in [0.2, 0.25) is 0 Å². The number of anilines is 1. The van der Waals surface area contributed by atoms with Crippen LogP contribution in [0.4, 0.5) is 5.82 Å². The summed E-state index contributed by atoms with van der Waals surface area (Å²) in [6.45, 7) is 1.03. The first-order valence-corrected chi connectivity index (χ1v) is 7.40. The number of oxime groups is 1. The van der Waals surface area contributed by atoms with Crippen molar-refractivity contribution in [3.8, 4) is 0 Å². The van der Waals surface area contributed by atoms with Gasteiger partial charge in [0, 0.05) is 18.0 Å². The fourth-order valence-corrected chi connectivity index (χ4v) is 3.75. The van der Waals surface area contributed by atoms with E-state index in [0.29, 0.717) is 6.04 Å². The standard InChI is InChI=1S/C16H18N4O/c17-15(19-21)13-8-11-3-1-2-4-14(11)18-16(13)20-9-10-5-6-12(20)7-10/h1-4,8,10,12,21H,5-7,9H2,(H2,17,19). The molecule has 0 spiro atoms. The Kier molecular flexibility index (Phi) is 2.74. The van der Waals surface area contributed by atoms with Crippen LogP contribution < -0.4 is 10.6 Å². The number of nitrogens with two attached hydrogens (primary N) is 1. The zero-order valence-electron chi connectivity index (χ0n) is 11.7. The first-order chi connectivity index (χ1) is 10.3. The molecule has 1 saturated heterocycles. The summed E-state index contributed by atoms with van der Waals surface area (Å²) >= 11 is 0. The molecule has 2 unspecified atom stereocenters. The van der Waals surface area contributed by atoms with E-state index in [4.69, 9.17) is 15.9 Å². The molecule has 5 nitrogen and oxygen atoms in total. The van der Waals surface area contributed by atoms with Gasteiger partial charge < -0.3 is 15.8 Å². The monoisotopic (exact) mass is 282 g/mol. The summed E-state index contributed by atoms with van der Waals surface area (Å²) in [7, 11) is 0. The van der Waals surface area contributed by atoms with E-state index in [0.717, 1.165) is 34.7 Å². The van der Waals surface area contributed by atoms with E-state index < -0.39 is 0 Å². The van der Waals surface area contributed by atoms with Gasteiger partial charge in [0.1, 0.15) is 5.82 Å². The Morgan fingerprint density at radius 1 is 1.33 bits per heavy atom. The normalized spacial score (nSPS) is 25.0. The average Bonchev–Trinajstić information content (AvgIpc) is 3.15. The predicted molar refractivity (Wildman–Crippen MR) is 82.7 cm³/mol. The highest BCUT2D eigenvalue weighted by atomic mass is 16.4. The predicted octanol–water partition coefficient (Wildman–Crippen LogP) is 2.32. The first kappa shape index (κ1) is 12.4. The lowest BCUT2D eigenvalue weighted by Crippen LogP contribution is -2.34. The van der Waals surface area contributed by atoms with Gasteiger partial charge >= 0.3 is 0 Å². The molecule has 2 aliphatic rings. The number of para-hydroxylation sites is 1. The number of hydrogen-bond acceptors (Lipinski definition) is 4. The van der Waals surface area contributed by atoms with E-state index in [-0.39, 0.29) is 5.84 Å². The second kappa shape index (κ2) is 4.62. The molecule has 2 bridgehead atoms. The van der Waals surface area contributed by atoms with E-state index in [2.05, 4.69) is 10.1 Å². The summed E-state index contributed by atoms with van der Waals surface area (Å²) in [4.78, 5) is 7.14. The minimum atomic E-state index is 0.131. The van der Waals surface area contributed by atoms with Crippen molar-refractivity contribution in [3.63, 3.8) is 0 Å². The molecule has 0 amide bonds. The van der Waals surface area contributed by atoms with Gasteiger partial charge in [-0.2, -0.15) is 0 Å². The summed E-state index contributed by atoms with van der Waals surface area (Å²) < 4.78 is 0. The van der Waals surface area contributed by atoms with Crippen LogP contribution in [-0.4, -0.2) is 28.6 Å². The topological polar surface area (TPSA) is 74.7 Å². The molecule has 1 aliphatic heterocycles. The molecular weight excluding hydrogens is 264 g/mol. The van der Waals surface area contributed by atoms with Gasteiger partial charge in [0.2, 0.25) is 0 Å². The molecule has 2 fully saturated rings. The molecule has 2 atom stereocenters. The van der Waals surface area contributed by atoms with E-state index in [1.807, 2.05) is 30.3 Å². The van der Waals surface area contributed by atoms with Crippen molar-refractivity contribution in [2.24, 2.45) is 16.8 Å². The maximum absolute atomic E-state index is 9.08. The Morgan fingerprint density at radius 3 is 2.90 bits per heavy atom. The van der Waals surface area contributed by atoms with E-state index in [1.165, 1.54) is 19.3 Å². The second-order valence-electron chi connectivity index (χ2n) is 6.02. The summed E-state index contributed by atoms with van der Waals surface area (Å²) in [5.41, 5.74) is 7.56. The number of fused-ring (bicyclic) bond motifs is 3. The number of amidine groups is 1. The van der Waals surface area contributed by atoms with Gasteiger partial charge in [0.05, 0.1) is 11.1 Å². The highest BCUT2D eigenvalue weighted by Gasteiger charge is 2.39. The summed E-state index contributed by atoms with van der Waals surface area (Å²) in [6, 6.07) is 10.5. The van der Waals surface area contributed by atoms with E-state index >= 15 is 0 Å². The Labute approximate surface area is 123 Å². The molecule has 4 rings (SSSR count). The maximum atomic E-state index is 9.08. The van der Waals surface area contributed by atoms with Crippen LogP contribution in [0.3, 0.4) is 0 Å². The van der Waals surface area contributed by atoms with Crippen molar-refractivity contribution < 1.29 is 5.21 Å². The van der Waals surface area contributed by atoms with Gasteiger partial charge in [0.25, 0.3) is 0 Å². The van der Waals surface area contributed by atoms with Gasteiger partial charge in [-0.1, -0.05) is 23.4 Å². The summed E-state index contributed by atoms with van der Waals surface area (Å²) in [5.74, 6) is 1.76. The average molecular weight is 282 g/mol. The van der Waals surface area contributed by atoms with Crippen LogP contribution in [0.15, 0.2) is 35.5 Å². The smallest absolute Gasteiger partial charge is 0.173 e. The number of rotatable bonds is 2. The largest absolute Gasteiger partial charge is 0.409 e. The number of aromatic nitrogens is 1. The molecular formula is C16H18N4O. The van der Waals surface area contributed by atoms with E-state index in [1.54, 1.807) is 0 Å². The van der Waals surface area contributed by atoms with Crippen LogP contribution in [0.25, 0.3) is 10.9 Å². The first-order valence-electron chi connectivity index (χ1n) is 7.40. The minimum Gasteiger partial charge on any atom is -0.409 e. The minimum absolute atomic E-state index is 0.131. The maximum Gasteiger partial charge on any atom is 0.173 e. The molecule has 1 aliphatic carbocycles. The number of hydrogen-bond donors (Lipinski definition) is 2. The third-order valence-electron chi connectivity index (χ3n) is 4.77. The van der Waals surface area contributed by atoms with Gasteiger partial charge in [-0.05, 0) is 37.3 Å². The van der Waals surface area contributed by atoms with Gasteiger partial charge in [0.15, 0.2) is 5.84 Å². The molecule has 108 valence electrons. The van der Waals surface area contributed by atoms with Crippen molar-refractivity contribution in [1.82, 2.24) is 4.98 Å². The molecule has 21 heavy (non-hydrogen) atoms. The van der Waals surface area contributed by atoms with E-state index in [9.17, 15) is 0 Å². The van der Waals surface area contributed by atoms with Crippen molar-refractivity contribution in [2.45, 2.75) is 25.3 Å². The number of benzene rings is 1. The van der Waals surface area contributed by atoms with Crippen LogP contribution in [0.1, 0.15) is 24.8 Å². The second-order valence-corrected chi connectivity index (χ2v) is 6.02. The highest BCUT2D eigenvalue weighted by molar-refractivity contribution is 6.04. The van der Waals surface area contributed by atoms with Crippen LogP contribution >= 0.6 is 0 Å². The van der Waals surface area contributed by atoms with Gasteiger partial charge in [-0.15, -0.1) is 0 Å².